The second-order valence-corrected chi connectivity index (χ2v) is 6.62. The van der Waals surface area contributed by atoms with Gasteiger partial charge in [-0.05, 0) is 44.9 Å². The molecule has 0 aromatic heterocycles. The monoisotopic (exact) mass is 391 g/mol. The van der Waals surface area contributed by atoms with Crippen molar-refractivity contribution in [2.75, 3.05) is 6.61 Å². The van der Waals surface area contributed by atoms with Crippen LogP contribution in [0.15, 0.2) is 48.6 Å². The Morgan fingerprint density at radius 3 is 1.79 bits per heavy atom. The maximum absolute atomic E-state index is 11.5. The molecule has 0 saturated heterocycles. The van der Waals surface area contributed by atoms with Crippen LogP contribution in [-0.2, 0) is 9.59 Å². The molecule has 0 unspecified atom stereocenters. The Morgan fingerprint density at radius 1 is 0.821 bits per heavy atom. The zero-order valence-corrected chi connectivity index (χ0v) is 17.2. The van der Waals surface area contributed by atoms with Gasteiger partial charge >= 0.3 is 5.97 Å². The summed E-state index contributed by atoms with van der Waals surface area (Å²) >= 11 is 0. The van der Waals surface area contributed by atoms with Gasteiger partial charge in [-0.3, -0.25) is 4.79 Å². The molecular weight excluding hydrogens is 354 g/mol. The number of aliphatic carboxylic acids is 1. The van der Waals surface area contributed by atoms with E-state index in [1.165, 1.54) is 25.7 Å². The Balaban J connectivity index is 3.62. The fourth-order valence-electron chi connectivity index (χ4n) is 2.39. The lowest BCUT2D eigenvalue weighted by Crippen LogP contribution is -2.43. The molecule has 0 radical (unpaired) electrons. The van der Waals surface area contributed by atoms with Crippen molar-refractivity contribution in [1.29, 1.82) is 0 Å². The number of carboxylic acid groups (broad SMARTS) is 1. The minimum Gasteiger partial charge on any atom is -0.480 e. The molecule has 0 saturated carbocycles. The number of hydrogen-bond acceptors (Lipinski definition) is 3. The predicted molar refractivity (Wildman–Crippen MR) is 115 cm³/mol. The van der Waals surface area contributed by atoms with Gasteiger partial charge < -0.3 is 15.5 Å². The van der Waals surface area contributed by atoms with E-state index in [0.29, 0.717) is 6.42 Å². The van der Waals surface area contributed by atoms with Crippen molar-refractivity contribution in [2.24, 2.45) is 0 Å². The normalized spacial score (nSPS) is 13.2. The molecule has 0 aliphatic rings. The largest absolute Gasteiger partial charge is 0.480 e. The number of carbonyl (C=O) groups is 2. The third-order valence-electron chi connectivity index (χ3n) is 4.05. The number of hydrogen-bond donors (Lipinski definition) is 3. The van der Waals surface area contributed by atoms with Gasteiger partial charge in [0.25, 0.3) is 0 Å². The highest BCUT2D eigenvalue weighted by atomic mass is 16.4. The Kier molecular flexibility index (Phi) is 18.1. The summed E-state index contributed by atoms with van der Waals surface area (Å²) in [5.41, 5.74) is 0. The molecule has 5 heteroatoms. The molecule has 28 heavy (non-hydrogen) atoms. The number of allylic oxidation sites excluding steroid dienone is 8. The zero-order chi connectivity index (χ0) is 20.9. The fraction of sp³-hybridized carbons (Fsp3) is 0.565. The van der Waals surface area contributed by atoms with Crippen LogP contribution in [0.5, 0.6) is 0 Å². The molecule has 5 nitrogen and oxygen atoms in total. The van der Waals surface area contributed by atoms with Crippen LogP contribution < -0.4 is 5.32 Å². The summed E-state index contributed by atoms with van der Waals surface area (Å²) in [7, 11) is 0. The molecule has 0 bridgehead atoms. The fourth-order valence-corrected chi connectivity index (χ4v) is 2.39. The Bertz CT molecular complexity index is 521. The van der Waals surface area contributed by atoms with Crippen LogP contribution in [0, 0.1) is 0 Å². The van der Waals surface area contributed by atoms with Crippen LogP contribution in [-0.4, -0.2) is 34.7 Å². The lowest BCUT2D eigenvalue weighted by molar-refractivity contribution is -0.142. The van der Waals surface area contributed by atoms with Gasteiger partial charge in [-0.15, -0.1) is 0 Å². The molecule has 0 aromatic rings. The standard InChI is InChI=1S/C23H37NO4/c1-2-3-4-5-6-7-8-9-10-11-12-13-14-15-16-17-18-19-22(26)24-21(20-25)23(27)28/h6-7,9-10,12-13,15-16,21,25H,2-5,8,11,14,17-20H2,1H3,(H,24,26)(H,27,28)/b7-6-,10-9-,13-12-,16-15-/t21-/m1/s1. The topological polar surface area (TPSA) is 86.6 Å². The SMILES string of the molecule is CCCCC/C=C\C/C=C\C/C=C\C/C=C\CCCC(=O)N[C@H](CO)C(=O)O. The highest BCUT2D eigenvalue weighted by molar-refractivity contribution is 5.83. The Labute approximate surface area is 169 Å². The number of nitrogens with one attached hydrogen (secondary N) is 1. The summed E-state index contributed by atoms with van der Waals surface area (Å²) in [4.78, 5) is 22.2. The lowest BCUT2D eigenvalue weighted by atomic mass is 10.2. The van der Waals surface area contributed by atoms with Crippen molar-refractivity contribution < 1.29 is 19.8 Å². The minimum absolute atomic E-state index is 0.252. The molecule has 3 N–H and O–H groups in total. The van der Waals surface area contributed by atoms with E-state index < -0.39 is 18.6 Å². The molecule has 0 aliphatic carbocycles. The highest BCUT2D eigenvalue weighted by Crippen LogP contribution is 2.01. The quantitative estimate of drug-likeness (QED) is 0.248. The van der Waals surface area contributed by atoms with Gasteiger partial charge in [-0.2, -0.15) is 0 Å². The number of carbonyl (C=O) groups excluding carboxylic acids is 1. The molecule has 0 aliphatic heterocycles. The number of aliphatic hydroxyl groups is 1. The average molecular weight is 392 g/mol. The van der Waals surface area contributed by atoms with Gasteiger partial charge in [-0.1, -0.05) is 68.4 Å². The van der Waals surface area contributed by atoms with E-state index in [9.17, 15) is 9.59 Å². The first kappa shape index (κ1) is 25.9. The summed E-state index contributed by atoms with van der Waals surface area (Å²) < 4.78 is 0. The van der Waals surface area contributed by atoms with Crippen molar-refractivity contribution in [3.8, 4) is 0 Å². The van der Waals surface area contributed by atoms with Crippen LogP contribution in [0.3, 0.4) is 0 Å². The molecule has 0 spiro atoms. The number of rotatable bonds is 17. The molecule has 0 aromatic carbocycles. The first-order valence-electron chi connectivity index (χ1n) is 10.3. The lowest BCUT2D eigenvalue weighted by Gasteiger charge is -2.10. The van der Waals surface area contributed by atoms with Crippen LogP contribution in [0.25, 0.3) is 0 Å². The van der Waals surface area contributed by atoms with Gasteiger partial charge in [0.2, 0.25) is 5.91 Å². The van der Waals surface area contributed by atoms with E-state index in [4.69, 9.17) is 10.2 Å². The van der Waals surface area contributed by atoms with E-state index in [-0.39, 0.29) is 12.3 Å². The van der Waals surface area contributed by atoms with Crippen molar-refractivity contribution in [2.45, 2.75) is 77.2 Å². The second kappa shape index (κ2) is 19.6. The summed E-state index contributed by atoms with van der Waals surface area (Å²) in [6.45, 7) is 1.62. The zero-order valence-electron chi connectivity index (χ0n) is 17.2. The van der Waals surface area contributed by atoms with Crippen molar-refractivity contribution in [1.82, 2.24) is 5.32 Å². The van der Waals surface area contributed by atoms with Crippen molar-refractivity contribution >= 4 is 11.9 Å². The maximum Gasteiger partial charge on any atom is 0.328 e. The predicted octanol–water partition coefficient (Wildman–Crippen LogP) is 4.69. The number of carboxylic acids is 1. The van der Waals surface area contributed by atoms with Gasteiger partial charge in [0.05, 0.1) is 6.61 Å². The number of aliphatic hydroxyl groups excluding tert-OH is 1. The van der Waals surface area contributed by atoms with Crippen LogP contribution >= 0.6 is 0 Å². The third-order valence-corrected chi connectivity index (χ3v) is 4.05. The molecule has 1 atom stereocenters. The van der Waals surface area contributed by atoms with E-state index in [0.717, 1.165) is 25.7 Å². The van der Waals surface area contributed by atoms with E-state index in [2.05, 4.69) is 54.8 Å². The molecule has 158 valence electrons. The minimum atomic E-state index is -1.23. The average Bonchev–Trinajstić information content (AvgIpc) is 2.68. The molecule has 0 rings (SSSR count). The Morgan fingerprint density at radius 2 is 1.32 bits per heavy atom. The van der Waals surface area contributed by atoms with Crippen LogP contribution in [0.1, 0.15) is 71.1 Å². The maximum atomic E-state index is 11.5. The summed E-state index contributed by atoms with van der Waals surface area (Å²) in [5.74, 6) is -1.58. The number of unbranched alkanes of at least 4 members (excludes halogenated alkanes) is 4. The first-order valence-corrected chi connectivity index (χ1v) is 10.3. The molecule has 0 fully saturated rings. The summed E-state index contributed by atoms with van der Waals surface area (Å²) in [6, 6.07) is -1.22. The Hall–Kier alpha value is -2.14. The second-order valence-electron chi connectivity index (χ2n) is 6.62. The summed E-state index contributed by atoms with van der Waals surface area (Å²) in [5, 5.41) is 19.9. The van der Waals surface area contributed by atoms with Crippen LogP contribution in [0.4, 0.5) is 0 Å². The van der Waals surface area contributed by atoms with Crippen LogP contribution in [0.2, 0.25) is 0 Å². The van der Waals surface area contributed by atoms with Gasteiger partial charge in [-0.25, -0.2) is 4.79 Å². The van der Waals surface area contributed by atoms with Crippen molar-refractivity contribution in [3.63, 3.8) is 0 Å². The van der Waals surface area contributed by atoms with Gasteiger partial charge in [0.1, 0.15) is 6.04 Å². The molecular formula is C23H37NO4. The van der Waals surface area contributed by atoms with E-state index in [1.54, 1.807) is 0 Å². The van der Waals surface area contributed by atoms with Crippen molar-refractivity contribution in [3.05, 3.63) is 48.6 Å². The number of amides is 1. The van der Waals surface area contributed by atoms with Gasteiger partial charge in [0, 0.05) is 6.42 Å². The van der Waals surface area contributed by atoms with E-state index >= 15 is 0 Å². The van der Waals surface area contributed by atoms with Gasteiger partial charge in [0.15, 0.2) is 0 Å². The summed E-state index contributed by atoms with van der Waals surface area (Å²) in [6.07, 6.45) is 26.7. The smallest absolute Gasteiger partial charge is 0.328 e. The first-order chi connectivity index (χ1) is 13.6. The third kappa shape index (κ3) is 17.3. The van der Waals surface area contributed by atoms with E-state index in [1.807, 2.05) is 6.08 Å². The molecule has 0 heterocycles. The molecule has 1 amide bonds. The highest BCUT2D eigenvalue weighted by Gasteiger charge is 2.17.